The van der Waals surface area contributed by atoms with Crippen molar-refractivity contribution in [3.8, 4) is 11.1 Å². The molecule has 0 aliphatic carbocycles. The van der Waals surface area contributed by atoms with Crippen molar-refractivity contribution in [2.45, 2.75) is 13.5 Å². The SMILES string of the molecule is CC(=O)c1cccc(-c2cnn3c(NCc4cccs4)ccnc23)c1. The standard InChI is InChI=1S/C19H16N4OS/c1-13(24)14-4-2-5-15(10-14)17-12-22-23-18(7-8-20-19(17)23)21-11-16-6-3-9-25-16/h2-10,12,21H,11H2,1H3. The van der Waals surface area contributed by atoms with Crippen molar-refractivity contribution in [3.05, 3.63) is 70.7 Å². The molecule has 25 heavy (non-hydrogen) atoms. The molecule has 0 radical (unpaired) electrons. The van der Waals surface area contributed by atoms with E-state index in [2.05, 4.69) is 26.8 Å². The van der Waals surface area contributed by atoms with E-state index >= 15 is 0 Å². The number of anilines is 1. The number of carbonyl (C=O) groups excluding carboxylic acids is 1. The number of thiophene rings is 1. The van der Waals surface area contributed by atoms with Gasteiger partial charge >= 0.3 is 0 Å². The molecule has 0 aliphatic rings. The van der Waals surface area contributed by atoms with Gasteiger partial charge in [-0.15, -0.1) is 11.3 Å². The highest BCUT2D eigenvalue weighted by atomic mass is 32.1. The number of nitrogens with one attached hydrogen (secondary N) is 1. The number of carbonyl (C=O) groups is 1. The molecule has 0 atom stereocenters. The first-order valence-electron chi connectivity index (χ1n) is 7.93. The van der Waals surface area contributed by atoms with Crippen LogP contribution in [0.25, 0.3) is 16.8 Å². The Morgan fingerprint density at radius 2 is 2.16 bits per heavy atom. The van der Waals surface area contributed by atoms with Crippen molar-refractivity contribution < 1.29 is 4.79 Å². The summed E-state index contributed by atoms with van der Waals surface area (Å²) in [5.74, 6) is 0.928. The quantitative estimate of drug-likeness (QED) is 0.547. The molecule has 3 heterocycles. The predicted molar refractivity (Wildman–Crippen MR) is 100 cm³/mol. The van der Waals surface area contributed by atoms with Gasteiger partial charge in [-0.05, 0) is 36.1 Å². The Kier molecular flexibility index (Phi) is 4.03. The van der Waals surface area contributed by atoms with E-state index in [4.69, 9.17) is 0 Å². The van der Waals surface area contributed by atoms with Gasteiger partial charge in [0.05, 0.1) is 12.7 Å². The van der Waals surface area contributed by atoms with Crippen LogP contribution in [0.15, 0.2) is 60.2 Å². The van der Waals surface area contributed by atoms with E-state index in [1.165, 1.54) is 4.88 Å². The van der Waals surface area contributed by atoms with Gasteiger partial charge in [-0.25, -0.2) is 4.98 Å². The zero-order valence-corrected chi connectivity index (χ0v) is 14.5. The molecule has 1 N–H and O–H groups in total. The number of Topliss-reactive ketones (excluding diaryl/α,β-unsaturated/α-hetero) is 1. The second-order valence-electron chi connectivity index (χ2n) is 5.69. The van der Waals surface area contributed by atoms with Crippen LogP contribution in [-0.2, 0) is 6.54 Å². The summed E-state index contributed by atoms with van der Waals surface area (Å²) in [6, 6.07) is 13.6. The second-order valence-corrected chi connectivity index (χ2v) is 6.73. The molecule has 0 fully saturated rings. The maximum absolute atomic E-state index is 11.6. The summed E-state index contributed by atoms with van der Waals surface area (Å²) >= 11 is 1.71. The van der Waals surface area contributed by atoms with Gasteiger partial charge in [-0.1, -0.05) is 24.3 Å². The highest BCUT2D eigenvalue weighted by Crippen LogP contribution is 2.26. The van der Waals surface area contributed by atoms with E-state index in [1.54, 1.807) is 35.2 Å². The van der Waals surface area contributed by atoms with Crippen molar-refractivity contribution in [1.82, 2.24) is 14.6 Å². The number of hydrogen-bond donors (Lipinski definition) is 1. The molecule has 4 aromatic rings. The molecule has 0 saturated carbocycles. The smallest absolute Gasteiger partial charge is 0.165 e. The average molecular weight is 348 g/mol. The van der Waals surface area contributed by atoms with Crippen LogP contribution in [-0.4, -0.2) is 20.4 Å². The molecule has 6 heteroatoms. The highest BCUT2D eigenvalue weighted by Gasteiger charge is 2.12. The Hall–Kier alpha value is -2.99. The van der Waals surface area contributed by atoms with Gasteiger partial charge in [0.15, 0.2) is 11.4 Å². The van der Waals surface area contributed by atoms with Gasteiger partial charge in [0.2, 0.25) is 0 Å². The third-order valence-corrected chi connectivity index (χ3v) is 4.88. The van der Waals surface area contributed by atoms with E-state index in [0.29, 0.717) is 5.56 Å². The summed E-state index contributed by atoms with van der Waals surface area (Å²) in [6.07, 6.45) is 3.56. The molecule has 5 nitrogen and oxygen atoms in total. The van der Waals surface area contributed by atoms with Crippen molar-refractivity contribution in [2.24, 2.45) is 0 Å². The average Bonchev–Trinajstić information content (AvgIpc) is 3.30. The fourth-order valence-corrected chi connectivity index (χ4v) is 3.37. The van der Waals surface area contributed by atoms with Crippen LogP contribution >= 0.6 is 11.3 Å². The number of nitrogens with zero attached hydrogens (tertiary/aromatic N) is 3. The lowest BCUT2D eigenvalue weighted by atomic mass is 10.0. The van der Waals surface area contributed by atoms with Crippen LogP contribution in [0, 0.1) is 0 Å². The number of benzene rings is 1. The molecule has 1 aromatic carbocycles. The van der Waals surface area contributed by atoms with Crippen LogP contribution in [0.3, 0.4) is 0 Å². The zero-order chi connectivity index (χ0) is 17.2. The van der Waals surface area contributed by atoms with Crippen LogP contribution < -0.4 is 5.32 Å². The molecular formula is C19H16N4OS. The van der Waals surface area contributed by atoms with E-state index < -0.39 is 0 Å². The van der Waals surface area contributed by atoms with Crippen molar-refractivity contribution in [1.29, 1.82) is 0 Å². The predicted octanol–water partition coefficient (Wildman–Crippen LogP) is 4.27. The third-order valence-electron chi connectivity index (χ3n) is 4.01. The first kappa shape index (κ1) is 15.5. The fraction of sp³-hybridized carbons (Fsp3) is 0.105. The normalized spacial score (nSPS) is 10.9. The molecule has 0 bridgehead atoms. The minimum absolute atomic E-state index is 0.0459. The number of rotatable bonds is 5. The minimum Gasteiger partial charge on any atom is -0.365 e. The molecule has 0 saturated heterocycles. The molecule has 0 unspecified atom stereocenters. The largest absolute Gasteiger partial charge is 0.365 e. The highest BCUT2D eigenvalue weighted by molar-refractivity contribution is 7.09. The molecule has 0 aliphatic heterocycles. The summed E-state index contributed by atoms with van der Waals surface area (Å²) in [5.41, 5.74) is 3.29. The van der Waals surface area contributed by atoms with Crippen molar-refractivity contribution >= 4 is 28.6 Å². The van der Waals surface area contributed by atoms with E-state index in [9.17, 15) is 4.79 Å². The zero-order valence-electron chi connectivity index (χ0n) is 13.6. The number of aromatic nitrogens is 3. The summed E-state index contributed by atoms with van der Waals surface area (Å²) in [6.45, 7) is 2.31. The Balaban J connectivity index is 1.71. The summed E-state index contributed by atoms with van der Waals surface area (Å²) in [5, 5.41) is 9.94. The van der Waals surface area contributed by atoms with Crippen LogP contribution in [0.2, 0.25) is 0 Å². The molecule has 0 amide bonds. The van der Waals surface area contributed by atoms with Crippen LogP contribution in [0.5, 0.6) is 0 Å². The first-order valence-corrected chi connectivity index (χ1v) is 8.81. The Labute approximate surface area is 149 Å². The molecule has 124 valence electrons. The van der Waals surface area contributed by atoms with E-state index in [0.717, 1.165) is 29.1 Å². The molecule has 0 spiro atoms. The number of fused-ring (bicyclic) bond motifs is 1. The van der Waals surface area contributed by atoms with Gasteiger partial charge < -0.3 is 5.32 Å². The Morgan fingerprint density at radius 3 is 2.96 bits per heavy atom. The van der Waals surface area contributed by atoms with Crippen LogP contribution in [0.4, 0.5) is 5.82 Å². The van der Waals surface area contributed by atoms with Crippen LogP contribution in [0.1, 0.15) is 22.2 Å². The summed E-state index contributed by atoms with van der Waals surface area (Å²) < 4.78 is 1.80. The van der Waals surface area contributed by atoms with Gasteiger partial charge in [0.1, 0.15) is 5.82 Å². The summed E-state index contributed by atoms with van der Waals surface area (Å²) in [7, 11) is 0. The Bertz CT molecular complexity index is 1040. The molecule has 4 rings (SSSR count). The van der Waals surface area contributed by atoms with Gasteiger partial charge in [-0.2, -0.15) is 9.61 Å². The number of ketones is 1. The van der Waals surface area contributed by atoms with Gasteiger partial charge in [0, 0.05) is 22.2 Å². The maximum atomic E-state index is 11.6. The maximum Gasteiger partial charge on any atom is 0.165 e. The van der Waals surface area contributed by atoms with Gasteiger partial charge in [0.25, 0.3) is 0 Å². The minimum atomic E-state index is 0.0459. The summed E-state index contributed by atoms with van der Waals surface area (Å²) in [4.78, 5) is 17.4. The first-order chi connectivity index (χ1) is 12.2. The lowest BCUT2D eigenvalue weighted by Crippen LogP contribution is -2.04. The Morgan fingerprint density at radius 1 is 1.24 bits per heavy atom. The van der Waals surface area contributed by atoms with Gasteiger partial charge in [-0.3, -0.25) is 4.79 Å². The topological polar surface area (TPSA) is 59.3 Å². The molecular weight excluding hydrogens is 332 g/mol. The van der Waals surface area contributed by atoms with Crippen molar-refractivity contribution in [2.75, 3.05) is 5.32 Å². The monoisotopic (exact) mass is 348 g/mol. The van der Waals surface area contributed by atoms with E-state index in [1.807, 2.05) is 36.4 Å². The number of hydrogen-bond acceptors (Lipinski definition) is 5. The molecule has 3 aromatic heterocycles. The lowest BCUT2D eigenvalue weighted by molar-refractivity contribution is 0.101. The lowest BCUT2D eigenvalue weighted by Gasteiger charge is -2.07. The van der Waals surface area contributed by atoms with E-state index in [-0.39, 0.29) is 5.78 Å². The van der Waals surface area contributed by atoms with Crippen molar-refractivity contribution in [3.63, 3.8) is 0 Å². The fourth-order valence-electron chi connectivity index (χ4n) is 2.73. The third kappa shape index (κ3) is 3.04. The second kappa shape index (κ2) is 6.49.